The highest BCUT2D eigenvalue weighted by Gasteiger charge is 2.21. The first-order valence-electron chi connectivity index (χ1n) is 7.29. The Morgan fingerprint density at radius 2 is 2.11 bits per heavy atom. The molecule has 19 heavy (non-hydrogen) atoms. The largest absolute Gasteiger partial charge is 0.396 e. The Bertz CT molecular complexity index is 349. The molecule has 1 aliphatic rings. The smallest absolute Gasteiger partial charge is 0.0702 e. The van der Waals surface area contributed by atoms with Crippen LogP contribution in [0.5, 0.6) is 0 Å². The van der Waals surface area contributed by atoms with Crippen molar-refractivity contribution in [3.8, 4) is 0 Å². The van der Waals surface area contributed by atoms with Crippen molar-refractivity contribution < 1.29 is 9.84 Å². The van der Waals surface area contributed by atoms with E-state index in [1.807, 2.05) is 6.07 Å². The third-order valence-electron chi connectivity index (χ3n) is 3.88. The third-order valence-corrected chi connectivity index (χ3v) is 3.88. The lowest BCUT2D eigenvalue weighted by Gasteiger charge is -2.33. The van der Waals surface area contributed by atoms with Gasteiger partial charge in [-0.3, -0.25) is 4.90 Å². The number of aliphatic hydroxyl groups excluding tert-OH is 1. The van der Waals surface area contributed by atoms with E-state index in [-0.39, 0.29) is 12.6 Å². The Hall–Kier alpha value is -0.900. The summed E-state index contributed by atoms with van der Waals surface area (Å²) < 4.78 is 5.81. The van der Waals surface area contributed by atoms with Crippen LogP contribution < -0.4 is 0 Å². The summed E-state index contributed by atoms with van der Waals surface area (Å²) >= 11 is 0. The zero-order chi connectivity index (χ0) is 13.5. The van der Waals surface area contributed by atoms with E-state index < -0.39 is 0 Å². The number of hydrogen-bond acceptors (Lipinski definition) is 3. The summed E-state index contributed by atoms with van der Waals surface area (Å²) in [4.78, 5) is 2.32. The molecule has 1 fully saturated rings. The van der Waals surface area contributed by atoms with Crippen LogP contribution in [0.2, 0.25) is 0 Å². The summed E-state index contributed by atoms with van der Waals surface area (Å²) in [6.45, 7) is 2.06. The monoisotopic (exact) mass is 263 g/mol. The molecule has 0 aromatic heterocycles. The lowest BCUT2D eigenvalue weighted by Crippen LogP contribution is -2.36. The van der Waals surface area contributed by atoms with Gasteiger partial charge >= 0.3 is 0 Å². The number of nitrogens with zero attached hydrogens (tertiary/aromatic N) is 1. The van der Waals surface area contributed by atoms with Gasteiger partial charge in [-0.2, -0.15) is 0 Å². The van der Waals surface area contributed by atoms with E-state index in [0.717, 1.165) is 26.0 Å². The summed E-state index contributed by atoms with van der Waals surface area (Å²) in [5.74, 6) is 0. The average molecular weight is 263 g/mol. The molecule has 2 atom stereocenters. The van der Waals surface area contributed by atoms with Gasteiger partial charge in [0.15, 0.2) is 0 Å². The van der Waals surface area contributed by atoms with Crippen LogP contribution in [0.25, 0.3) is 0 Å². The lowest BCUT2D eigenvalue weighted by molar-refractivity contribution is -0.0101. The van der Waals surface area contributed by atoms with Crippen LogP contribution >= 0.6 is 0 Å². The number of likely N-dealkylation sites (N-methyl/N-ethyl adjacent to an activating group) is 1. The zero-order valence-electron chi connectivity index (χ0n) is 11.8. The van der Waals surface area contributed by atoms with Crippen molar-refractivity contribution in [3.05, 3.63) is 35.9 Å². The molecule has 0 bridgehead atoms. The molecule has 1 N–H and O–H groups in total. The molecule has 0 spiro atoms. The van der Waals surface area contributed by atoms with Gasteiger partial charge in [-0.05, 0) is 38.3 Å². The molecule has 0 unspecified atom stereocenters. The maximum Gasteiger partial charge on any atom is 0.0702 e. The lowest BCUT2D eigenvalue weighted by atomic mass is 10.0. The van der Waals surface area contributed by atoms with Crippen molar-refractivity contribution in [1.29, 1.82) is 0 Å². The summed E-state index contributed by atoms with van der Waals surface area (Å²) in [5.41, 5.74) is 1.27. The van der Waals surface area contributed by atoms with Gasteiger partial charge < -0.3 is 9.84 Å². The van der Waals surface area contributed by atoms with E-state index in [1.54, 1.807) is 0 Å². The van der Waals surface area contributed by atoms with Crippen LogP contribution in [0.1, 0.15) is 37.3 Å². The van der Waals surface area contributed by atoms with E-state index in [4.69, 9.17) is 4.74 Å². The quantitative estimate of drug-likeness (QED) is 0.856. The number of aliphatic hydroxyl groups is 1. The van der Waals surface area contributed by atoms with E-state index in [0.29, 0.717) is 6.10 Å². The van der Waals surface area contributed by atoms with Gasteiger partial charge in [0.05, 0.1) is 6.10 Å². The van der Waals surface area contributed by atoms with Crippen molar-refractivity contribution in [2.24, 2.45) is 0 Å². The first kappa shape index (κ1) is 14.5. The molecule has 1 saturated heterocycles. The van der Waals surface area contributed by atoms with Gasteiger partial charge in [0, 0.05) is 25.8 Å². The van der Waals surface area contributed by atoms with E-state index >= 15 is 0 Å². The molecule has 3 nitrogen and oxygen atoms in total. The second-order valence-corrected chi connectivity index (χ2v) is 5.37. The van der Waals surface area contributed by atoms with E-state index in [9.17, 15) is 5.11 Å². The Morgan fingerprint density at radius 3 is 2.74 bits per heavy atom. The number of rotatable bonds is 6. The molecule has 1 heterocycles. The van der Waals surface area contributed by atoms with Crippen molar-refractivity contribution in [2.75, 3.05) is 26.8 Å². The highest BCUT2D eigenvalue weighted by atomic mass is 16.5. The van der Waals surface area contributed by atoms with Crippen molar-refractivity contribution >= 4 is 0 Å². The minimum atomic E-state index is 0.218. The minimum Gasteiger partial charge on any atom is -0.396 e. The highest BCUT2D eigenvalue weighted by Crippen LogP contribution is 2.24. The molecule has 2 rings (SSSR count). The molecule has 0 aliphatic carbocycles. The van der Waals surface area contributed by atoms with Crippen molar-refractivity contribution in [2.45, 2.75) is 37.8 Å². The number of ether oxygens (including phenoxy) is 1. The fourth-order valence-electron chi connectivity index (χ4n) is 2.84. The summed E-state index contributed by atoms with van der Waals surface area (Å²) in [5, 5.41) is 9.29. The zero-order valence-corrected chi connectivity index (χ0v) is 11.8. The maximum absolute atomic E-state index is 9.29. The Morgan fingerprint density at radius 1 is 1.32 bits per heavy atom. The maximum atomic E-state index is 9.29. The molecule has 3 heteroatoms. The van der Waals surface area contributed by atoms with Gasteiger partial charge in [0.25, 0.3) is 0 Å². The predicted molar refractivity (Wildman–Crippen MR) is 77.1 cm³/mol. The number of benzene rings is 1. The molecule has 1 aromatic carbocycles. The summed E-state index contributed by atoms with van der Waals surface area (Å²) in [6, 6.07) is 10.7. The molecular weight excluding hydrogens is 238 g/mol. The van der Waals surface area contributed by atoms with Gasteiger partial charge in [0.1, 0.15) is 0 Å². The third kappa shape index (κ3) is 4.30. The fourth-order valence-corrected chi connectivity index (χ4v) is 2.84. The molecule has 106 valence electrons. The standard InChI is InChI=1S/C16H25NO2/c1-17(13-15-9-5-6-12-19-15)16(10-11-18)14-7-3-2-4-8-14/h2-4,7-8,15-16,18H,5-6,9-13H2,1H3/t15-,16-/m0/s1. The molecule has 1 aromatic rings. The van der Waals surface area contributed by atoms with Crippen LogP contribution in [0.3, 0.4) is 0 Å². The minimum absolute atomic E-state index is 0.218. The topological polar surface area (TPSA) is 32.7 Å². The fraction of sp³-hybridized carbons (Fsp3) is 0.625. The van der Waals surface area contributed by atoms with Crippen LogP contribution in [-0.4, -0.2) is 42.9 Å². The highest BCUT2D eigenvalue weighted by molar-refractivity contribution is 5.19. The normalized spacial score (nSPS) is 21.5. The summed E-state index contributed by atoms with van der Waals surface area (Å²) in [6.07, 6.45) is 4.75. The van der Waals surface area contributed by atoms with E-state index in [2.05, 4.69) is 36.2 Å². The second kappa shape index (κ2) is 7.63. The van der Waals surface area contributed by atoms with Crippen LogP contribution in [0, 0.1) is 0 Å². The van der Waals surface area contributed by atoms with Crippen LogP contribution in [0.15, 0.2) is 30.3 Å². The van der Waals surface area contributed by atoms with Crippen LogP contribution in [-0.2, 0) is 4.74 Å². The van der Waals surface area contributed by atoms with Crippen molar-refractivity contribution in [1.82, 2.24) is 4.90 Å². The van der Waals surface area contributed by atoms with Gasteiger partial charge in [-0.1, -0.05) is 30.3 Å². The molecule has 0 saturated carbocycles. The van der Waals surface area contributed by atoms with Crippen molar-refractivity contribution in [3.63, 3.8) is 0 Å². The molecule has 0 amide bonds. The first-order chi connectivity index (χ1) is 9.31. The van der Waals surface area contributed by atoms with Gasteiger partial charge in [-0.25, -0.2) is 0 Å². The molecule has 1 aliphatic heterocycles. The Labute approximate surface area is 116 Å². The SMILES string of the molecule is CN(C[C@@H]1CCCCO1)[C@@H](CCO)c1ccccc1. The molecule has 0 radical (unpaired) electrons. The Kier molecular flexibility index (Phi) is 5.83. The second-order valence-electron chi connectivity index (χ2n) is 5.37. The van der Waals surface area contributed by atoms with E-state index in [1.165, 1.54) is 18.4 Å². The van der Waals surface area contributed by atoms with Crippen LogP contribution in [0.4, 0.5) is 0 Å². The summed E-state index contributed by atoms with van der Waals surface area (Å²) in [7, 11) is 2.13. The van der Waals surface area contributed by atoms with Gasteiger partial charge in [0.2, 0.25) is 0 Å². The first-order valence-corrected chi connectivity index (χ1v) is 7.29. The number of hydrogen-bond donors (Lipinski definition) is 1. The predicted octanol–water partition coefficient (Wildman–Crippen LogP) is 2.61. The molecular formula is C16H25NO2. The Balaban J connectivity index is 1.97. The van der Waals surface area contributed by atoms with Gasteiger partial charge in [-0.15, -0.1) is 0 Å². The average Bonchev–Trinajstić information content (AvgIpc) is 2.46.